The van der Waals surface area contributed by atoms with E-state index in [0.717, 1.165) is 29.7 Å². The molecule has 1 heterocycles. The van der Waals surface area contributed by atoms with Crippen LogP contribution in [0.4, 0.5) is 24.5 Å². The second kappa shape index (κ2) is 9.31. The standard InChI is InChI=1S/C25H21F3N2O2S/c1-2-16-6-8-17(9-7-16)23(32)29-20-5-3-4-18(14-20)24-30(22(31)15-33-24)21-12-10-19(11-13-21)25(26,27)28/h3-14,24H,2,15H2,1H3,(H,29,32)/t24-/m0/s1. The predicted molar refractivity (Wildman–Crippen MR) is 124 cm³/mol. The van der Waals surface area contributed by atoms with Crippen molar-refractivity contribution < 1.29 is 22.8 Å². The first-order valence-corrected chi connectivity index (χ1v) is 11.4. The number of hydrogen-bond acceptors (Lipinski definition) is 3. The molecule has 0 radical (unpaired) electrons. The molecule has 8 heteroatoms. The third kappa shape index (κ3) is 5.06. The highest BCUT2D eigenvalue weighted by Crippen LogP contribution is 2.43. The Morgan fingerprint density at radius 2 is 1.76 bits per heavy atom. The summed E-state index contributed by atoms with van der Waals surface area (Å²) in [5, 5.41) is 2.47. The molecule has 1 fully saturated rings. The van der Waals surface area contributed by atoms with Crippen molar-refractivity contribution in [1.29, 1.82) is 0 Å². The van der Waals surface area contributed by atoms with Crippen molar-refractivity contribution in [3.05, 3.63) is 95.1 Å². The second-order valence-corrected chi connectivity index (χ2v) is 8.67. The van der Waals surface area contributed by atoms with Crippen molar-refractivity contribution in [1.82, 2.24) is 0 Å². The highest BCUT2D eigenvalue weighted by Gasteiger charge is 2.35. The minimum Gasteiger partial charge on any atom is -0.322 e. The first-order chi connectivity index (χ1) is 15.8. The van der Waals surface area contributed by atoms with Gasteiger partial charge in [0.05, 0.1) is 11.3 Å². The van der Waals surface area contributed by atoms with Gasteiger partial charge in [0.25, 0.3) is 5.91 Å². The number of hydrogen-bond donors (Lipinski definition) is 1. The summed E-state index contributed by atoms with van der Waals surface area (Å²) in [7, 11) is 0. The minimum atomic E-state index is -4.44. The molecule has 0 unspecified atom stereocenters. The molecule has 0 bridgehead atoms. The van der Waals surface area contributed by atoms with Crippen LogP contribution in [0.1, 0.15) is 39.3 Å². The number of thioether (sulfide) groups is 1. The molecule has 0 spiro atoms. The number of halogens is 3. The number of alkyl halides is 3. The second-order valence-electron chi connectivity index (χ2n) is 7.60. The molecule has 1 atom stereocenters. The summed E-state index contributed by atoms with van der Waals surface area (Å²) >= 11 is 1.39. The van der Waals surface area contributed by atoms with Crippen LogP contribution in [0.25, 0.3) is 0 Å². The minimum absolute atomic E-state index is 0.185. The van der Waals surface area contributed by atoms with Gasteiger partial charge in [-0.15, -0.1) is 11.8 Å². The molecule has 1 aliphatic heterocycles. The zero-order valence-electron chi connectivity index (χ0n) is 17.7. The topological polar surface area (TPSA) is 49.4 Å². The molecule has 4 rings (SSSR count). The summed E-state index contributed by atoms with van der Waals surface area (Å²) < 4.78 is 38.7. The van der Waals surface area contributed by atoms with E-state index in [2.05, 4.69) is 5.32 Å². The van der Waals surface area contributed by atoms with Crippen LogP contribution in [0.15, 0.2) is 72.8 Å². The molecule has 1 aliphatic rings. The lowest BCUT2D eigenvalue weighted by molar-refractivity contribution is -0.137. The fourth-order valence-electron chi connectivity index (χ4n) is 3.63. The summed E-state index contributed by atoms with van der Waals surface area (Å²) in [6, 6.07) is 19.1. The van der Waals surface area contributed by atoms with Crippen LogP contribution in [-0.4, -0.2) is 17.6 Å². The summed E-state index contributed by atoms with van der Waals surface area (Å²) in [6.45, 7) is 2.04. The van der Waals surface area contributed by atoms with Gasteiger partial charge in [0, 0.05) is 16.9 Å². The van der Waals surface area contributed by atoms with Gasteiger partial charge in [-0.2, -0.15) is 13.2 Å². The Hall–Kier alpha value is -3.26. The number of nitrogens with zero attached hydrogens (tertiary/aromatic N) is 1. The normalized spacial score (nSPS) is 16.2. The Morgan fingerprint density at radius 3 is 2.39 bits per heavy atom. The molecular formula is C25H21F3N2O2S. The summed E-state index contributed by atoms with van der Waals surface area (Å²) in [5.41, 5.74) is 2.65. The number of benzene rings is 3. The van der Waals surface area contributed by atoms with Gasteiger partial charge in [0.2, 0.25) is 5.91 Å². The monoisotopic (exact) mass is 470 g/mol. The van der Waals surface area contributed by atoms with Crippen LogP contribution in [0.5, 0.6) is 0 Å². The lowest BCUT2D eigenvalue weighted by Crippen LogP contribution is -2.28. The van der Waals surface area contributed by atoms with E-state index < -0.39 is 17.1 Å². The van der Waals surface area contributed by atoms with Gasteiger partial charge in [-0.25, -0.2) is 0 Å². The van der Waals surface area contributed by atoms with Crippen molar-refractivity contribution in [2.75, 3.05) is 16.0 Å². The van der Waals surface area contributed by atoms with Gasteiger partial charge in [-0.05, 0) is 66.1 Å². The van der Waals surface area contributed by atoms with Crippen molar-refractivity contribution in [2.45, 2.75) is 24.9 Å². The molecule has 2 amide bonds. The van der Waals surface area contributed by atoms with E-state index in [1.165, 1.54) is 28.8 Å². The van der Waals surface area contributed by atoms with Crippen molar-refractivity contribution >= 4 is 35.0 Å². The molecular weight excluding hydrogens is 449 g/mol. The number of nitrogens with one attached hydrogen (secondary N) is 1. The molecule has 1 N–H and O–H groups in total. The average molecular weight is 471 g/mol. The van der Waals surface area contributed by atoms with Crippen LogP contribution in [0, 0.1) is 0 Å². The molecule has 0 aliphatic carbocycles. The average Bonchev–Trinajstić information content (AvgIpc) is 3.20. The van der Waals surface area contributed by atoms with Gasteiger partial charge in [0.1, 0.15) is 5.37 Å². The van der Waals surface area contributed by atoms with E-state index in [0.29, 0.717) is 16.9 Å². The summed E-state index contributed by atoms with van der Waals surface area (Å²) in [6.07, 6.45) is -3.55. The third-order valence-electron chi connectivity index (χ3n) is 5.39. The molecule has 33 heavy (non-hydrogen) atoms. The van der Waals surface area contributed by atoms with E-state index in [4.69, 9.17) is 0 Å². The van der Waals surface area contributed by atoms with E-state index in [-0.39, 0.29) is 17.6 Å². The smallest absolute Gasteiger partial charge is 0.322 e. The first-order valence-electron chi connectivity index (χ1n) is 10.4. The van der Waals surface area contributed by atoms with E-state index >= 15 is 0 Å². The van der Waals surface area contributed by atoms with Crippen LogP contribution in [-0.2, 0) is 17.4 Å². The molecule has 0 saturated carbocycles. The van der Waals surface area contributed by atoms with Crippen LogP contribution in [0.2, 0.25) is 0 Å². The highest BCUT2D eigenvalue weighted by atomic mass is 32.2. The molecule has 4 nitrogen and oxygen atoms in total. The zero-order valence-corrected chi connectivity index (χ0v) is 18.5. The maximum Gasteiger partial charge on any atom is 0.416 e. The van der Waals surface area contributed by atoms with Gasteiger partial charge < -0.3 is 5.32 Å². The highest BCUT2D eigenvalue weighted by molar-refractivity contribution is 8.00. The quantitative estimate of drug-likeness (QED) is 0.476. The fraction of sp³-hybridized carbons (Fsp3) is 0.200. The van der Waals surface area contributed by atoms with Crippen molar-refractivity contribution in [2.24, 2.45) is 0 Å². The number of anilines is 2. The predicted octanol–water partition coefficient (Wildman–Crippen LogP) is 6.30. The number of carbonyl (C=O) groups is 2. The van der Waals surface area contributed by atoms with E-state index in [1.807, 2.05) is 25.1 Å². The molecule has 3 aromatic rings. The molecule has 1 saturated heterocycles. The Balaban J connectivity index is 1.55. The number of rotatable bonds is 5. The van der Waals surface area contributed by atoms with E-state index in [9.17, 15) is 22.8 Å². The van der Waals surface area contributed by atoms with Gasteiger partial charge >= 0.3 is 6.18 Å². The maximum absolute atomic E-state index is 12.9. The zero-order chi connectivity index (χ0) is 23.6. The summed E-state index contributed by atoms with van der Waals surface area (Å²) in [5.74, 6) is -0.216. The number of amides is 2. The maximum atomic E-state index is 12.9. The van der Waals surface area contributed by atoms with Gasteiger partial charge in [0.15, 0.2) is 0 Å². The Kier molecular flexibility index (Phi) is 6.47. The number of aryl methyl sites for hydroxylation is 1. The van der Waals surface area contributed by atoms with Crippen LogP contribution >= 0.6 is 11.8 Å². The number of carbonyl (C=O) groups excluding carboxylic acids is 2. The van der Waals surface area contributed by atoms with E-state index in [1.54, 1.807) is 30.3 Å². The third-order valence-corrected chi connectivity index (χ3v) is 6.61. The Morgan fingerprint density at radius 1 is 1.06 bits per heavy atom. The fourth-order valence-corrected chi connectivity index (χ4v) is 4.79. The summed E-state index contributed by atoms with van der Waals surface area (Å²) in [4.78, 5) is 26.7. The first kappa shape index (κ1) is 22.9. The Bertz CT molecular complexity index is 1160. The lowest BCUT2D eigenvalue weighted by Gasteiger charge is -2.25. The molecule has 0 aromatic heterocycles. The SMILES string of the molecule is CCc1ccc(C(=O)Nc2cccc([C@@H]3SCC(=O)N3c3ccc(C(F)(F)F)cc3)c2)cc1. The van der Waals surface area contributed by atoms with Crippen LogP contribution < -0.4 is 10.2 Å². The Labute approximate surface area is 193 Å². The molecule has 3 aromatic carbocycles. The lowest BCUT2D eigenvalue weighted by atomic mass is 10.1. The largest absolute Gasteiger partial charge is 0.416 e. The van der Waals surface area contributed by atoms with Crippen molar-refractivity contribution in [3.63, 3.8) is 0 Å². The van der Waals surface area contributed by atoms with Crippen molar-refractivity contribution in [3.8, 4) is 0 Å². The van der Waals surface area contributed by atoms with Gasteiger partial charge in [-0.1, -0.05) is 31.2 Å². The molecule has 170 valence electrons. The van der Waals surface area contributed by atoms with Crippen LogP contribution in [0.3, 0.4) is 0 Å². The van der Waals surface area contributed by atoms with Gasteiger partial charge in [-0.3, -0.25) is 14.5 Å².